The van der Waals surface area contributed by atoms with Gasteiger partial charge in [0.25, 0.3) is 0 Å². The van der Waals surface area contributed by atoms with Gasteiger partial charge in [-0.15, -0.1) is 6.58 Å². The summed E-state index contributed by atoms with van der Waals surface area (Å²) in [5.41, 5.74) is 0. The molecule has 0 bridgehead atoms. The predicted octanol–water partition coefficient (Wildman–Crippen LogP) is 0.189. The van der Waals surface area contributed by atoms with Crippen molar-refractivity contribution in [2.45, 2.75) is 6.04 Å². The highest BCUT2D eigenvalue weighted by Crippen LogP contribution is 2.13. The predicted molar refractivity (Wildman–Crippen MR) is 52.8 cm³/mol. The number of rotatable bonds is 2. The number of hydrogen-bond donors (Lipinski definition) is 0. The van der Waals surface area contributed by atoms with Crippen molar-refractivity contribution in [2.24, 2.45) is 0 Å². The van der Waals surface area contributed by atoms with Crippen LogP contribution in [0.15, 0.2) is 12.7 Å². The highest BCUT2D eigenvalue weighted by Gasteiger charge is 2.28. The van der Waals surface area contributed by atoms with Gasteiger partial charge in [0, 0.05) is 38.8 Å². The van der Waals surface area contributed by atoms with Gasteiger partial charge < -0.3 is 4.74 Å². The molecular weight excluding hydrogens is 164 g/mol. The maximum atomic E-state index is 5.47. The maximum absolute atomic E-state index is 5.47. The third-order valence-electron chi connectivity index (χ3n) is 2.91. The van der Waals surface area contributed by atoms with Gasteiger partial charge in [-0.25, -0.2) is 0 Å². The van der Waals surface area contributed by atoms with Gasteiger partial charge in [-0.2, -0.15) is 0 Å². The van der Waals surface area contributed by atoms with E-state index >= 15 is 0 Å². The van der Waals surface area contributed by atoms with Gasteiger partial charge >= 0.3 is 0 Å². The summed E-state index contributed by atoms with van der Waals surface area (Å²) in [6.45, 7) is 11.3. The number of piperazine rings is 1. The molecule has 2 aliphatic heterocycles. The van der Waals surface area contributed by atoms with Crippen LogP contribution in [-0.2, 0) is 4.74 Å². The minimum atomic E-state index is 0.627. The van der Waals surface area contributed by atoms with Crippen LogP contribution in [0.25, 0.3) is 0 Å². The summed E-state index contributed by atoms with van der Waals surface area (Å²) in [5.74, 6) is 0. The van der Waals surface area contributed by atoms with E-state index in [1.807, 2.05) is 6.08 Å². The van der Waals surface area contributed by atoms with Gasteiger partial charge in [0.2, 0.25) is 0 Å². The lowest BCUT2D eigenvalue weighted by Gasteiger charge is -2.43. The van der Waals surface area contributed by atoms with Crippen LogP contribution < -0.4 is 0 Å². The molecular formula is C10H18N2O. The summed E-state index contributed by atoms with van der Waals surface area (Å²) in [4.78, 5) is 4.99. The Bertz CT molecular complexity index is 184. The molecule has 0 saturated carbocycles. The highest BCUT2D eigenvalue weighted by molar-refractivity contribution is 4.86. The van der Waals surface area contributed by atoms with Crippen LogP contribution in [0.4, 0.5) is 0 Å². The summed E-state index contributed by atoms with van der Waals surface area (Å²) < 4.78 is 5.47. The van der Waals surface area contributed by atoms with E-state index in [0.29, 0.717) is 6.04 Å². The standard InChI is InChI=1S/C10H18N2O/c1-2-3-11-4-5-12-6-7-13-9-10(12)8-11/h2,10H,1,3-9H2. The van der Waals surface area contributed by atoms with E-state index < -0.39 is 0 Å². The molecule has 2 aliphatic rings. The van der Waals surface area contributed by atoms with Gasteiger partial charge in [-0.05, 0) is 0 Å². The number of morpholine rings is 1. The Balaban J connectivity index is 1.87. The highest BCUT2D eigenvalue weighted by atomic mass is 16.5. The van der Waals surface area contributed by atoms with E-state index in [2.05, 4.69) is 16.4 Å². The zero-order valence-corrected chi connectivity index (χ0v) is 8.11. The second-order valence-corrected chi connectivity index (χ2v) is 3.81. The number of nitrogens with zero attached hydrogens (tertiary/aromatic N) is 2. The van der Waals surface area contributed by atoms with E-state index in [9.17, 15) is 0 Å². The lowest BCUT2D eigenvalue weighted by Crippen LogP contribution is -2.57. The molecule has 0 aromatic rings. The molecule has 74 valence electrons. The Kier molecular flexibility index (Phi) is 2.98. The normalized spacial score (nSPS) is 31.2. The van der Waals surface area contributed by atoms with Gasteiger partial charge in [0.1, 0.15) is 0 Å². The third kappa shape index (κ3) is 2.10. The Labute approximate surface area is 80.0 Å². The van der Waals surface area contributed by atoms with Crippen LogP contribution in [0.1, 0.15) is 0 Å². The molecule has 1 atom stereocenters. The molecule has 0 radical (unpaired) electrons. The van der Waals surface area contributed by atoms with Crippen molar-refractivity contribution in [3.8, 4) is 0 Å². The lowest BCUT2D eigenvalue weighted by atomic mass is 10.1. The Morgan fingerprint density at radius 3 is 3.15 bits per heavy atom. The van der Waals surface area contributed by atoms with Gasteiger partial charge in [-0.1, -0.05) is 6.08 Å². The molecule has 3 nitrogen and oxygen atoms in total. The molecule has 0 spiro atoms. The van der Waals surface area contributed by atoms with Crippen molar-refractivity contribution in [1.82, 2.24) is 9.80 Å². The van der Waals surface area contributed by atoms with Crippen molar-refractivity contribution < 1.29 is 4.74 Å². The molecule has 0 aliphatic carbocycles. The van der Waals surface area contributed by atoms with Crippen LogP contribution in [0.3, 0.4) is 0 Å². The Morgan fingerprint density at radius 2 is 2.31 bits per heavy atom. The lowest BCUT2D eigenvalue weighted by molar-refractivity contribution is -0.0424. The third-order valence-corrected chi connectivity index (χ3v) is 2.91. The molecule has 0 aromatic heterocycles. The number of fused-ring (bicyclic) bond motifs is 1. The summed E-state index contributed by atoms with van der Waals surface area (Å²) in [5, 5.41) is 0. The zero-order valence-electron chi connectivity index (χ0n) is 8.11. The first kappa shape index (κ1) is 9.19. The molecule has 0 N–H and O–H groups in total. The SMILES string of the molecule is C=CCN1CCN2CCOCC2C1. The van der Waals surface area contributed by atoms with Crippen LogP contribution in [0.2, 0.25) is 0 Å². The maximum Gasteiger partial charge on any atom is 0.0634 e. The first-order valence-electron chi connectivity index (χ1n) is 5.05. The van der Waals surface area contributed by atoms with Gasteiger partial charge in [0.05, 0.1) is 13.2 Å². The summed E-state index contributed by atoms with van der Waals surface area (Å²) in [6, 6.07) is 0.627. The molecule has 1 unspecified atom stereocenters. The first-order valence-corrected chi connectivity index (χ1v) is 5.05. The molecule has 2 fully saturated rings. The fourth-order valence-electron chi connectivity index (χ4n) is 2.16. The summed E-state index contributed by atoms with van der Waals surface area (Å²) in [6.07, 6.45) is 1.99. The van der Waals surface area contributed by atoms with E-state index in [0.717, 1.165) is 32.8 Å². The minimum absolute atomic E-state index is 0.627. The van der Waals surface area contributed by atoms with Crippen molar-refractivity contribution in [1.29, 1.82) is 0 Å². The number of hydrogen-bond acceptors (Lipinski definition) is 3. The molecule has 0 aromatic carbocycles. The molecule has 3 heteroatoms. The quantitative estimate of drug-likeness (QED) is 0.567. The fraction of sp³-hybridized carbons (Fsp3) is 0.800. The molecule has 2 rings (SSSR count). The van der Waals surface area contributed by atoms with Crippen LogP contribution in [-0.4, -0.2) is 61.8 Å². The monoisotopic (exact) mass is 182 g/mol. The Hall–Kier alpha value is -0.380. The number of ether oxygens (including phenoxy) is 1. The van der Waals surface area contributed by atoms with Gasteiger partial charge in [0.15, 0.2) is 0 Å². The first-order chi connectivity index (χ1) is 6.40. The average molecular weight is 182 g/mol. The van der Waals surface area contributed by atoms with Gasteiger partial charge in [-0.3, -0.25) is 9.80 Å². The summed E-state index contributed by atoms with van der Waals surface area (Å²) in [7, 11) is 0. The van der Waals surface area contributed by atoms with E-state index in [-0.39, 0.29) is 0 Å². The van der Waals surface area contributed by atoms with E-state index in [1.165, 1.54) is 13.1 Å². The largest absolute Gasteiger partial charge is 0.378 e. The topological polar surface area (TPSA) is 15.7 Å². The summed E-state index contributed by atoms with van der Waals surface area (Å²) >= 11 is 0. The van der Waals surface area contributed by atoms with Crippen molar-refractivity contribution in [3.05, 3.63) is 12.7 Å². The molecule has 0 amide bonds. The van der Waals surface area contributed by atoms with Crippen LogP contribution in [0.5, 0.6) is 0 Å². The fourth-order valence-corrected chi connectivity index (χ4v) is 2.16. The van der Waals surface area contributed by atoms with Crippen LogP contribution >= 0.6 is 0 Å². The second-order valence-electron chi connectivity index (χ2n) is 3.81. The molecule has 2 heterocycles. The van der Waals surface area contributed by atoms with E-state index in [1.54, 1.807) is 0 Å². The van der Waals surface area contributed by atoms with Crippen LogP contribution in [0, 0.1) is 0 Å². The minimum Gasteiger partial charge on any atom is -0.378 e. The Morgan fingerprint density at radius 1 is 1.38 bits per heavy atom. The van der Waals surface area contributed by atoms with E-state index in [4.69, 9.17) is 4.74 Å². The zero-order chi connectivity index (χ0) is 9.10. The molecule has 13 heavy (non-hydrogen) atoms. The smallest absolute Gasteiger partial charge is 0.0634 e. The van der Waals surface area contributed by atoms with Crippen molar-refractivity contribution in [3.63, 3.8) is 0 Å². The molecule has 2 saturated heterocycles. The average Bonchev–Trinajstić information content (AvgIpc) is 2.18. The van der Waals surface area contributed by atoms with Crippen molar-refractivity contribution >= 4 is 0 Å². The second kappa shape index (κ2) is 4.22. The van der Waals surface area contributed by atoms with Crippen molar-refractivity contribution in [2.75, 3.05) is 45.9 Å².